The summed E-state index contributed by atoms with van der Waals surface area (Å²) in [5.74, 6) is 0.345. The molecule has 0 bridgehead atoms. The summed E-state index contributed by atoms with van der Waals surface area (Å²) < 4.78 is 5.70. The van der Waals surface area contributed by atoms with E-state index < -0.39 is 0 Å². The van der Waals surface area contributed by atoms with Crippen molar-refractivity contribution in [3.8, 4) is 16.9 Å². The third kappa shape index (κ3) is 4.48. The van der Waals surface area contributed by atoms with Gasteiger partial charge in [0.2, 0.25) is 0 Å². The van der Waals surface area contributed by atoms with Gasteiger partial charge in [0.1, 0.15) is 5.75 Å². The summed E-state index contributed by atoms with van der Waals surface area (Å²) in [6.45, 7) is 3.75. The zero-order chi connectivity index (χ0) is 18.2. The highest BCUT2D eigenvalue weighted by atomic mass is 16.5. The second-order valence-corrected chi connectivity index (χ2v) is 5.54. The maximum absolute atomic E-state index is 12.0. The molecule has 5 heteroatoms. The first kappa shape index (κ1) is 17.2. The van der Waals surface area contributed by atoms with Crippen molar-refractivity contribution in [2.24, 2.45) is 0 Å². The third-order valence-electron chi connectivity index (χ3n) is 3.69. The number of ether oxygens (including phenoxy) is 1. The zero-order valence-electron chi connectivity index (χ0n) is 14.2. The van der Waals surface area contributed by atoms with Crippen LogP contribution in [-0.2, 0) is 4.79 Å². The first-order chi connectivity index (χ1) is 12.7. The molecule has 3 aromatic rings. The number of aromatic nitrogens is 1. The van der Waals surface area contributed by atoms with Crippen molar-refractivity contribution in [3.05, 3.63) is 91.3 Å². The molecule has 0 saturated carbocycles. The van der Waals surface area contributed by atoms with Crippen LogP contribution in [0.2, 0.25) is 0 Å². The lowest BCUT2D eigenvalue weighted by Gasteiger charge is -2.13. The van der Waals surface area contributed by atoms with Gasteiger partial charge in [-0.15, -0.1) is 0 Å². The molecule has 0 spiro atoms. The van der Waals surface area contributed by atoms with Crippen molar-refractivity contribution in [1.29, 1.82) is 0 Å². The molecule has 2 aromatic carbocycles. The van der Waals surface area contributed by atoms with Crippen molar-refractivity contribution in [2.75, 3.05) is 6.61 Å². The van der Waals surface area contributed by atoms with Crippen molar-refractivity contribution >= 4 is 11.6 Å². The molecule has 0 radical (unpaired) electrons. The molecule has 2 N–H and O–H groups in total. The van der Waals surface area contributed by atoms with Crippen molar-refractivity contribution in [3.63, 3.8) is 0 Å². The van der Waals surface area contributed by atoms with Gasteiger partial charge in [-0.3, -0.25) is 20.6 Å². The minimum absolute atomic E-state index is 0.114. The van der Waals surface area contributed by atoms with Crippen molar-refractivity contribution in [2.45, 2.75) is 0 Å². The van der Waals surface area contributed by atoms with Gasteiger partial charge in [0.25, 0.3) is 5.91 Å². The summed E-state index contributed by atoms with van der Waals surface area (Å²) >= 11 is 0. The number of nitrogens with one attached hydrogen (secondary N) is 2. The second-order valence-electron chi connectivity index (χ2n) is 5.54. The standard InChI is InChI=1S/C21H19N3O2/c1-16(18-10-7-13-22-14-18)23-24-21(25)15-26-20-12-6-5-11-19(20)17-8-3-2-4-9-17/h2-14,23H,1,15H2,(H,24,25). The number of hydrogen-bond acceptors (Lipinski definition) is 4. The molecule has 5 nitrogen and oxygen atoms in total. The fraction of sp³-hybridized carbons (Fsp3) is 0.0476. The predicted molar refractivity (Wildman–Crippen MR) is 102 cm³/mol. The van der Waals surface area contributed by atoms with Crippen LogP contribution in [-0.4, -0.2) is 17.5 Å². The van der Waals surface area contributed by atoms with E-state index in [1.807, 2.05) is 60.7 Å². The molecule has 1 amide bonds. The van der Waals surface area contributed by atoms with E-state index >= 15 is 0 Å². The van der Waals surface area contributed by atoms with Crippen molar-refractivity contribution in [1.82, 2.24) is 15.8 Å². The van der Waals surface area contributed by atoms with Crippen molar-refractivity contribution < 1.29 is 9.53 Å². The smallest absolute Gasteiger partial charge is 0.276 e. The molecule has 3 rings (SSSR count). The second kappa shape index (κ2) is 8.48. The Bertz CT molecular complexity index is 880. The summed E-state index contributed by atoms with van der Waals surface area (Å²) in [6.07, 6.45) is 3.33. The van der Waals surface area contributed by atoms with Crippen LogP contribution in [0.25, 0.3) is 16.8 Å². The summed E-state index contributed by atoms with van der Waals surface area (Å²) in [7, 11) is 0. The maximum Gasteiger partial charge on any atom is 0.276 e. The van der Waals surface area contributed by atoms with Crippen LogP contribution in [0.5, 0.6) is 5.75 Å². The topological polar surface area (TPSA) is 63.2 Å². The lowest BCUT2D eigenvalue weighted by atomic mass is 10.1. The van der Waals surface area contributed by atoms with E-state index in [1.54, 1.807) is 18.5 Å². The number of carbonyl (C=O) groups excluding carboxylic acids is 1. The number of rotatable bonds is 7. The van der Waals surface area contributed by atoms with Crippen LogP contribution in [0.3, 0.4) is 0 Å². The lowest BCUT2D eigenvalue weighted by Crippen LogP contribution is -2.39. The van der Waals surface area contributed by atoms with E-state index in [0.29, 0.717) is 11.4 Å². The van der Waals surface area contributed by atoms with Gasteiger partial charge in [0.05, 0.1) is 5.70 Å². The molecule has 0 aliphatic carbocycles. The molecule has 26 heavy (non-hydrogen) atoms. The molecule has 0 saturated heterocycles. The maximum atomic E-state index is 12.0. The molecule has 130 valence electrons. The number of para-hydroxylation sites is 1. The Kier molecular flexibility index (Phi) is 5.62. The van der Waals surface area contributed by atoms with E-state index in [4.69, 9.17) is 4.74 Å². The van der Waals surface area contributed by atoms with Gasteiger partial charge in [-0.25, -0.2) is 0 Å². The fourth-order valence-electron chi connectivity index (χ4n) is 2.39. The van der Waals surface area contributed by atoms with Crippen LogP contribution >= 0.6 is 0 Å². The highest BCUT2D eigenvalue weighted by molar-refractivity contribution is 5.79. The molecule has 0 fully saturated rings. The molecule has 0 atom stereocenters. The number of pyridine rings is 1. The quantitative estimate of drug-likeness (QED) is 0.644. The Morgan fingerprint density at radius 1 is 0.962 bits per heavy atom. The predicted octanol–water partition coefficient (Wildman–Crippen LogP) is 3.42. The van der Waals surface area contributed by atoms with Gasteiger partial charge >= 0.3 is 0 Å². The van der Waals surface area contributed by atoms with Gasteiger partial charge in [-0.1, -0.05) is 55.1 Å². The Balaban J connectivity index is 1.56. The lowest BCUT2D eigenvalue weighted by molar-refractivity contribution is -0.123. The Hall–Kier alpha value is -3.60. The average Bonchev–Trinajstić information content (AvgIpc) is 2.72. The SMILES string of the molecule is C=C(NNC(=O)COc1ccccc1-c1ccccc1)c1cccnc1. The number of nitrogens with zero attached hydrogens (tertiary/aromatic N) is 1. The van der Waals surface area contributed by atoms with Gasteiger partial charge < -0.3 is 4.74 Å². The van der Waals surface area contributed by atoms with E-state index in [-0.39, 0.29) is 12.5 Å². The molecule has 1 aromatic heterocycles. The summed E-state index contributed by atoms with van der Waals surface area (Å²) in [5, 5.41) is 0. The van der Waals surface area contributed by atoms with E-state index in [2.05, 4.69) is 22.4 Å². The number of carbonyl (C=O) groups is 1. The number of hydrogen-bond donors (Lipinski definition) is 2. The average molecular weight is 345 g/mol. The largest absolute Gasteiger partial charge is 0.483 e. The highest BCUT2D eigenvalue weighted by Crippen LogP contribution is 2.29. The number of benzene rings is 2. The Morgan fingerprint density at radius 2 is 1.73 bits per heavy atom. The van der Waals surface area contributed by atoms with Crippen LogP contribution in [0.1, 0.15) is 5.56 Å². The number of hydrazine groups is 1. The van der Waals surface area contributed by atoms with E-state index in [1.165, 1.54) is 0 Å². The number of amides is 1. The summed E-state index contributed by atoms with van der Waals surface area (Å²) in [4.78, 5) is 16.1. The molecular formula is C21H19N3O2. The van der Waals surface area contributed by atoms with Gasteiger partial charge in [-0.2, -0.15) is 0 Å². The molecule has 0 aliphatic rings. The van der Waals surface area contributed by atoms with Gasteiger partial charge in [0.15, 0.2) is 6.61 Å². The first-order valence-corrected chi connectivity index (χ1v) is 8.15. The highest BCUT2D eigenvalue weighted by Gasteiger charge is 2.08. The summed E-state index contributed by atoms with van der Waals surface area (Å²) in [6, 6.07) is 21.2. The monoisotopic (exact) mass is 345 g/mol. The molecule has 0 unspecified atom stereocenters. The van der Waals surface area contributed by atoms with Crippen LogP contribution < -0.4 is 15.6 Å². The fourth-order valence-corrected chi connectivity index (χ4v) is 2.39. The minimum atomic E-state index is -0.307. The van der Waals surface area contributed by atoms with Crippen LogP contribution in [0, 0.1) is 0 Å². The van der Waals surface area contributed by atoms with Crippen LogP contribution in [0.4, 0.5) is 0 Å². The van der Waals surface area contributed by atoms with E-state index in [9.17, 15) is 4.79 Å². The Labute approximate surface area is 152 Å². The summed E-state index contributed by atoms with van der Waals surface area (Å²) in [5.41, 5.74) is 8.66. The molecule has 0 aliphatic heterocycles. The normalized spacial score (nSPS) is 10.0. The molecule has 1 heterocycles. The first-order valence-electron chi connectivity index (χ1n) is 8.15. The third-order valence-corrected chi connectivity index (χ3v) is 3.69. The van der Waals surface area contributed by atoms with Gasteiger partial charge in [0, 0.05) is 23.5 Å². The zero-order valence-corrected chi connectivity index (χ0v) is 14.2. The molecular weight excluding hydrogens is 326 g/mol. The minimum Gasteiger partial charge on any atom is -0.483 e. The Morgan fingerprint density at radius 3 is 2.50 bits per heavy atom. The van der Waals surface area contributed by atoms with E-state index in [0.717, 1.165) is 16.7 Å². The van der Waals surface area contributed by atoms with Crippen LogP contribution in [0.15, 0.2) is 85.7 Å². The van der Waals surface area contributed by atoms with Gasteiger partial charge in [-0.05, 0) is 23.8 Å².